The van der Waals surface area contributed by atoms with Crippen molar-refractivity contribution >= 4 is 33.2 Å². The molecule has 3 rings (SSSR count). The van der Waals surface area contributed by atoms with Gasteiger partial charge in [0.25, 0.3) is 0 Å². The molecule has 0 saturated carbocycles. The summed E-state index contributed by atoms with van der Waals surface area (Å²) in [7, 11) is -4.17. The fraction of sp³-hybridized carbons (Fsp3) is 0.190. The zero-order valence-electron chi connectivity index (χ0n) is 16.6. The van der Waals surface area contributed by atoms with Gasteiger partial charge in [0.15, 0.2) is 9.84 Å². The summed E-state index contributed by atoms with van der Waals surface area (Å²) in [6, 6.07) is 5.61. The molecule has 0 bridgehead atoms. The average molecular weight is 466 g/mol. The lowest BCUT2D eigenvalue weighted by molar-refractivity contribution is -0.114. The number of hydrogen-bond acceptors (Lipinski definition) is 5. The van der Waals surface area contributed by atoms with Crippen LogP contribution in [0.2, 0.25) is 5.15 Å². The fourth-order valence-corrected chi connectivity index (χ4v) is 4.99. The van der Waals surface area contributed by atoms with E-state index in [9.17, 15) is 22.0 Å². The van der Waals surface area contributed by atoms with E-state index in [-0.39, 0.29) is 16.6 Å². The Labute approximate surface area is 183 Å². The van der Waals surface area contributed by atoms with Gasteiger partial charge in [0, 0.05) is 36.5 Å². The van der Waals surface area contributed by atoms with Gasteiger partial charge in [0.1, 0.15) is 27.5 Å². The fourth-order valence-electron chi connectivity index (χ4n) is 3.21. The third-order valence-electron chi connectivity index (χ3n) is 4.54. The van der Waals surface area contributed by atoms with Gasteiger partial charge < -0.3 is 5.32 Å². The number of carbonyl (C=O) groups is 1. The van der Waals surface area contributed by atoms with Gasteiger partial charge in [-0.05, 0) is 41.8 Å². The van der Waals surface area contributed by atoms with E-state index in [0.29, 0.717) is 35.0 Å². The molecule has 0 saturated heterocycles. The van der Waals surface area contributed by atoms with Crippen molar-refractivity contribution < 1.29 is 22.0 Å². The summed E-state index contributed by atoms with van der Waals surface area (Å²) in [4.78, 5) is 18.9. The van der Waals surface area contributed by atoms with Crippen molar-refractivity contribution in [2.24, 2.45) is 0 Å². The standard InChI is InChI=1S/C21H18ClF2N3O3S/c1-3-15-16(13-6-7-25-20(8-13)27-12(2)28)10-26-21(22)17(15)11-31(29,30)19-5-4-14(23)9-18(19)24/h4-10H,3,11H2,1-2H3,(H,25,27,28). The summed E-state index contributed by atoms with van der Waals surface area (Å²) in [5.74, 6) is -2.62. The minimum Gasteiger partial charge on any atom is -0.311 e. The predicted molar refractivity (Wildman–Crippen MR) is 113 cm³/mol. The number of rotatable bonds is 6. The molecule has 0 aliphatic heterocycles. The summed E-state index contributed by atoms with van der Waals surface area (Å²) < 4.78 is 53.1. The van der Waals surface area contributed by atoms with Crippen LogP contribution in [0.5, 0.6) is 0 Å². The molecule has 31 heavy (non-hydrogen) atoms. The molecule has 0 radical (unpaired) electrons. The van der Waals surface area contributed by atoms with E-state index >= 15 is 0 Å². The lowest BCUT2D eigenvalue weighted by Gasteiger charge is -2.16. The summed E-state index contributed by atoms with van der Waals surface area (Å²) in [5, 5.41) is 2.56. The van der Waals surface area contributed by atoms with E-state index in [1.165, 1.54) is 19.3 Å². The van der Waals surface area contributed by atoms with Gasteiger partial charge >= 0.3 is 0 Å². The third kappa shape index (κ3) is 5.05. The number of halogens is 3. The number of sulfone groups is 1. The highest BCUT2D eigenvalue weighted by Crippen LogP contribution is 2.33. The number of anilines is 1. The first kappa shape index (κ1) is 22.8. The number of amides is 1. The Hall–Kier alpha value is -2.91. The predicted octanol–water partition coefficient (Wildman–Crippen LogP) is 4.57. The van der Waals surface area contributed by atoms with E-state index in [2.05, 4.69) is 15.3 Å². The highest BCUT2D eigenvalue weighted by molar-refractivity contribution is 7.90. The first-order valence-corrected chi connectivity index (χ1v) is 11.2. The van der Waals surface area contributed by atoms with Crippen molar-refractivity contribution in [2.75, 3.05) is 5.32 Å². The molecule has 1 N–H and O–H groups in total. The highest BCUT2D eigenvalue weighted by atomic mass is 35.5. The molecule has 3 aromatic rings. The van der Waals surface area contributed by atoms with Crippen molar-refractivity contribution in [3.05, 3.63) is 70.6 Å². The maximum Gasteiger partial charge on any atom is 0.222 e. The van der Waals surface area contributed by atoms with Gasteiger partial charge in [-0.15, -0.1) is 0 Å². The summed E-state index contributed by atoms with van der Waals surface area (Å²) in [6.07, 6.45) is 3.41. The maximum atomic E-state index is 14.1. The van der Waals surface area contributed by atoms with Crippen LogP contribution >= 0.6 is 11.6 Å². The second-order valence-electron chi connectivity index (χ2n) is 6.72. The molecule has 1 amide bonds. The van der Waals surface area contributed by atoms with Crippen LogP contribution in [-0.4, -0.2) is 24.3 Å². The zero-order valence-corrected chi connectivity index (χ0v) is 18.2. The smallest absolute Gasteiger partial charge is 0.222 e. The van der Waals surface area contributed by atoms with Gasteiger partial charge in [-0.1, -0.05) is 18.5 Å². The molecule has 6 nitrogen and oxygen atoms in total. The Kier molecular flexibility index (Phi) is 6.66. The maximum absolute atomic E-state index is 14.1. The Morgan fingerprint density at radius 3 is 2.52 bits per heavy atom. The number of pyridine rings is 2. The van der Waals surface area contributed by atoms with Crippen LogP contribution in [0.4, 0.5) is 14.6 Å². The van der Waals surface area contributed by atoms with Gasteiger partial charge in [0.05, 0.1) is 5.75 Å². The summed E-state index contributed by atoms with van der Waals surface area (Å²) >= 11 is 6.23. The Balaban J connectivity index is 2.09. The molecule has 162 valence electrons. The quantitative estimate of drug-likeness (QED) is 0.425. The lowest BCUT2D eigenvalue weighted by atomic mass is 9.97. The van der Waals surface area contributed by atoms with Crippen LogP contribution < -0.4 is 5.32 Å². The molecule has 10 heteroatoms. The van der Waals surface area contributed by atoms with Gasteiger partial charge in [-0.25, -0.2) is 27.2 Å². The number of aromatic nitrogens is 2. The number of hydrogen-bond donors (Lipinski definition) is 1. The van der Waals surface area contributed by atoms with E-state index in [1.807, 2.05) is 6.92 Å². The number of nitrogens with zero attached hydrogens (tertiary/aromatic N) is 2. The molecule has 0 fully saturated rings. The Morgan fingerprint density at radius 1 is 1.13 bits per heavy atom. The molecule has 2 heterocycles. The van der Waals surface area contributed by atoms with Crippen LogP contribution in [0.3, 0.4) is 0 Å². The largest absolute Gasteiger partial charge is 0.311 e. The molecule has 0 atom stereocenters. The summed E-state index contributed by atoms with van der Waals surface area (Å²) in [5.41, 5.74) is 2.08. The number of carbonyl (C=O) groups excluding carboxylic acids is 1. The van der Waals surface area contributed by atoms with Gasteiger partial charge in [-0.3, -0.25) is 4.79 Å². The van der Waals surface area contributed by atoms with Crippen molar-refractivity contribution in [1.29, 1.82) is 0 Å². The third-order valence-corrected chi connectivity index (χ3v) is 6.53. The molecule has 0 aliphatic rings. The van der Waals surface area contributed by atoms with Crippen molar-refractivity contribution in [1.82, 2.24) is 9.97 Å². The van der Waals surface area contributed by atoms with Crippen LogP contribution in [0.15, 0.2) is 47.6 Å². The van der Waals surface area contributed by atoms with Gasteiger partial charge in [0.2, 0.25) is 5.91 Å². The molecule has 2 aromatic heterocycles. The van der Waals surface area contributed by atoms with Crippen molar-refractivity contribution in [2.45, 2.75) is 30.9 Å². The molecular formula is C21H18ClF2N3O3S. The number of nitrogens with one attached hydrogen (secondary N) is 1. The van der Waals surface area contributed by atoms with Crippen LogP contribution in [0.1, 0.15) is 25.0 Å². The normalized spacial score (nSPS) is 11.4. The van der Waals surface area contributed by atoms with Crippen molar-refractivity contribution in [3.8, 4) is 11.1 Å². The first-order valence-electron chi connectivity index (χ1n) is 9.20. The van der Waals surface area contributed by atoms with E-state index in [1.54, 1.807) is 12.1 Å². The van der Waals surface area contributed by atoms with Gasteiger partial charge in [-0.2, -0.15) is 0 Å². The zero-order chi connectivity index (χ0) is 22.8. The molecule has 1 aromatic carbocycles. The SMILES string of the molecule is CCc1c(-c2ccnc(NC(C)=O)c2)cnc(Cl)c1CS(=O)(=O)c1ccc(F)cc1F. The van der Waals surface area contributed by atoms with Crippen LogP contribution in [0.25, 0.3) is 11.1 Å². The lowest BCUT2D eigenvalue weighted by Crippen LogP contribution is -2.11. The topological polar surface area (TPSA) is 89.0 Å². The van der Waals surface area contributed by atoms with Crippen LogP contribution in [-0.2, 0) is 26.8 Å². The van der Waals surface area contributed by atoms with E-state index < -0.39 is 32.1 Å². The second-order valence-corrected chi connectivity index (χ2v) is 9.03. The van der Waals surface area contributed by atoms with E-state index in [0.717, 1.165) is 12.1 Å². The molecule has 0 spiro atoms. The van der Waals surface area contributed by atoms with E-state index in [4.69, 9.17) is 11.6 Å². The highest BCUT2D eigenvalue weighted by Gasteiger charge is 2.25. The summed E-state index contributed by atoms with van der Waals surface area (Å²) in [6.45, 7) is 3.17. The molecular weight excluding hydrogens is 448 g/mol. The number of benzene rings is 1. The Morgan fingerprint density at radius 2 is 1.87 bits per heavy atom. The first-order chi connectivity index (χ1) is 14.6. The minimum absolute atomic E-state index is 0.0252. The minimum atomic E-state index is -4.17. The Bertz CT molecular complexity index is 1270. The molecule has 0 unspecified atom stereocenters. The monoisotopic (exact) mass is 465 g/mol. The van der Waals surface area contributed by atoms with Crippen molar-refractivity contribution in [3.63, 3.8) is 0 Å². The average Bonchev–Trinajstić information content (AvgIpc) is 2.68. The van der Waals surface area contributed by atoms with Crippen LogP contribution in [0, 0.1) is 11.6 Å². The second kappa shape index (κ2) is 9.07. The molecule has 0 aliphatic carbocycles.